The molecule has 2 heterocycles. The molecule has 0 spiro atoms. The van der Waals surface area contributed by atoms with Gasteiger partial charge in [-0.1, -0.05) is 11.6 Å². The normalized spacial score (nSPS) is 18.7. The highest BCUT2D eigenvalue weighted by Gasteiger charge is 2.26. The first-order chi connectivity index (χ1) is 13.2. The van der Waals surface area contributed by atoms with E-state index in [1.807, 2.05) is 30.5 Å². The highest BCUT2D eigenvalue weighted by molar-refractivity contribution is 6.30. The zero-order valence-corrected chi connectivity index (χ0v) is 16.0. The second-order valence-corrected chi connectivity index (χ2v) is 7.99. The molecule has 1 atom stereocenters. The number of rotatable bonds is 4. The Labute approximate surface area is 164 Å². The van der Waals surface area contributed by atoms with E-state index in [4.69, 9.17) is 16.3 Å². The van der Waals surface area contributed by atoms with E-state index < -0.39 is 0 Å². The highest BCUT2D eigenvalue weighted by atomic mass is 35.5. The van der Waals surface area contributed by atoms with Gasteiger partial charge in [0.05, 0.1) is 12.2 Å². The lowest BCUT2D eigenvalue weighted by Crippen LogP contribution is -2.22. The van der Waals surface area contributed by atoms with Crippen LogP contribution >= 0.6 is 11.6 Å². The molecule has 0 radical (unpaired) electrons. The van der Waals surface area contributed by atoms with Gasteiger partial charge in [-0.25, -0.2) is 0 Å². The fourth-order valence-electron chi connectivity index (χ4n) is 3.69. The van der Waals surface area contributed by atoms with Crippen LogP contribution in [0, 0.1) is 0 Å². The minimum Gasteiger partial charge on any atom is -0.456 e. The number of nitrogens with zero attached hydrogens (tertiary/aromatic N) is 2. The van der Waals surface area contributed by atoms with Gasteiger partial charge in [0.1, 0.15) is 11.5 Å². The molecule has 1 aliphatic carbocycles. The van der Waals surface area contributed by atoms with E-state index in [1.54, 1.807) is 0 Å². The molecule has 0 bridgehead atoms. The van der Waals surface area contributed by atoms with E-state index in [0.29, 0.717) is 17.1 Å². The van der Waals surface area contributed by atoms with Crippen molar-refractivity contribution >= 4 is 17.3 Å². The van der Waals surface area contributed by atoms with Crippen LogP contribution in [-0.2, 0) is 6.42 Å². The van der Waals surface area contributed by atoms with Crippen molar-refractivity contribution in [1.29, 1.82) is 0 Å². The van der Waals surface area contributed by atoms with E-state index in [-0.39, 0.29) is 0 Å². The van der Waals surface area contributed by atoms with Crippen LogP contribution in [0.1, 0.15) is 37.8 Å². The van der Waals surface area contributed by atoms with Gasteiger partial charge in [-0.2, -0.15) is 5.10 Å². The van der Waals surface area contributed by atoms with Crippen molar-refractivity contribution in [3.8, 4) is 22.6 Å². The molecule has 3 aromatic rings. The standard InChI is InChI=1S/C22H22ClN3O/c1-14-2-9-20-21(25-14)11-10-19(15-12-24-26(13-15)17-5-6-17)22(20)27-18-7-3-16(23)4-8-18/h3-4,7-8,10-14,17,25H,2,5-6,9H2,1H3/t14-/m0/s1. The Kier molecular flexibility index (Phi) is 4.09. The van der Waals surface area contributed by atoms with E-state index in [9.17, 15) is 0 Å². The third-order valence-corrected chi connectivity index (χ3v) is 5.61. The monoisotopic (exact) mass is 379 g/mol. The van der Waals surface area contributed by atoms with Gasteiger partial charge < -0.3 is 10.1 Å². The first-order valence-corrected chi connectivity index (χ1v) is 9.95. The van der Waals surface area contributed by atoms with Crippen molar-refractivity contribution < 1.29 is 4.74 Å². The number of nitrogens with one attached hydrogen (secondary N) is 1. The second-order valence-electron chi connectivity index (χ2n) is 7.55. The number of fused-ring (bicyclic) bond motifs is 1. The maximum Gasteiger partial charge on any atom is 0.140 e. The number of aromatic nitrogens is 2. The molecule has 2 aromatic carbocycles. The van der Waals surface area contributed by atoms with E-state index >= 15 is 0 Å². The molecule has 27 heavy (non-hydrogen) atoms. The Morgan fingerprint density at radius 1 is 1.11 bits per heavy atom. The van der Waals surface area contributed by atoms with Gasteiger partial charge >= 0.3 is 0 Å². The Morgan fingerprint density at radius 3 is 2.70 bits per heavy atom. The average molecular weight is 380 g/mol. The van der Waals surface area contributed by atoms with Crippen LogP contribution in [0.15, 0.2) is 48.8 Å². The number of benzene rings is 2. The molecule has 138 valence electrons. The van der Waals surface area contributed by atoms with Crippen molar-refractivity contribution in [1.82, 2.24) is 9.78 Å². The number of ether oxygens (including phenoxy) is 1. The third kappa shape index (κ3) is 3.30. The Balaban J connectivity index is 1.59. The van der Waals surface area contributed by atoms with Gasteiger partial charge in [-0.3, -0.25) is 4.68 Å². The fourth-order valence-corrected chi connectivity index (χ4v) is 3.82. The topological polar surface area (TPSA) is 39.1 Å². The molecule has 5 heteroatoms. The summed E-state index contributed by atoms with van der Waals surface area (Å²) in [7, 11) is 0. The molecule has 2 aliphatic rings. The third-order valence-electron chi connectivity index (χ3n) is 5.36. The maximum absolute atomic E-state index is 6.40. The lowest BCUT2D eigenvalue weighted by molar-refractivity contribution is 0.474. The summed E-state index contributed by atoms with van der Waals surface area (Å²) in [6.07, 6.45) is 8.63. The highest BCUT2D eigenvalue weighted by Crippen LogP contribution is 2.43. The summed E-state index contributed by atoms with van der Waals surface area (Å²) in [6, 6.07) is 12.9. The first-order valence-electron chi connectivity index (χ1n) is 9.58. The zero-order valence-electron chi connectivity index (χ0n) is 15.3. The summed E-state index contributed by atoms with van der Waals surface area (Å²) in [5, 5.41) is 8.86. The predicted molar refractivity (Wildman–Crippen MR) is 109 cm³/mol. The van der Waals surface area contributed by atoms with Crippen molar-refractivity contribution in [3.63, 3.8) is 0 Å². The number of halogens is 1. The van der Waals surface area contributed by atoms with Crippen molar-refractivity contribution in [2.45, 2.75) is 44.7 Å². The Morgan fingerprint density at radius 2 is 1.93 bits per heavy atom. The smallest absolute Gasteiger partial charge is 0.140 e. The molecule has 0 amide bonds. The molecular weight excluding hydrogens is 358 g/mol. The lowest BCUT2D eigenvalue weighted by atomic mass is 9.94. The van der Waals surface area contributed by atoms with Gasteiger partial charge in [-0.05, 0) is 69.0 Å². The van der Waals surface area contributed by atoms with Gasteiger partial charge in [0.15, 0.2) is 0 Å². The van der Waals surface area contributed by atoms with Crippen molar-refractivity contribution in [2.24, 2.45) is 0 Å². The summed E-state index contributed by atoms with van der Waals surface area (Å²) in [5.41, 5.74) is 4.59. The summed E-state index contributed by atoms with van der Waals surface area (Å²) in [4.78, 5) is 0. The molecule has 0 saturated heterocycles. The number of hydrogen-bond donors (Lipinski definition) is 1. The van der Waals surface area contributed by atoms with E-state index in [1.165, 1.54) is 18.4 Å². The average Bonchev–Trinajstić information content (AvgIpc) is 3.41. The van der Waals surface area contributed by atoms with E-state index in [0.717, 1.165) is 41.2 Å². The van der Waals surface area contributed by atoms with Crippen molar-refractivity contribution in [3.05, 3.63) is 59.4 Å². The minimum absolute atomic E-state index is 0.476. The van der Waals surface area contributed by atoms with Gasteiger partial charge in [0.25, 0.3) is 0 Å². The van der Waals surface area contributed by atoms with Gasteiger partial charge in [0.2, 0.25) is 0 Å². The van der Waals surface area contributed by atoms with Crippen LogP contribution in [0.2, 0.25) is 5.02 Å². The zero-order chi connectivity index (χ0) is 18.4. The van der Waals surface area contributed by atoms with Gasteiger partial charge in [0, 0.05) is 39.6 Å². The lowest BCUT2D eigenvalue weighted by Gasteiger charge is -2.27. The molecule has 1 aromatic heterocycles. The van der Waals surface area contributed by atoms with Crippen LogP contribution < -0.4 is 10.1 Å². The molecule has 5 rings (SSSR count). The number of hydrogen-bond acceptors (Lipinski definition) is 3. The van der Waals surface area contributed by atoms with Crippen LogP contribution in [0.4, 0.5) is 5.69 Å². The van der Waals surface area contributed by atoms with Crippen LogP contribution in [-0.4, -0.2) is 15.8 Å². The first kappa shape index (κ1) is 16.7. The van der Waals surface area contributed by atoms with Crippen molar-refractivity contribution in [2.75, 3.05) is 5.32 Å². The van der Waals surface area contributed by atoms with E-state index in [2.05, 4.69) is 40.4 Å². The molecule has 1 N–H and O–H groups in total. The summed E-state index contributed by atoms with van der Waals surface area (Å²) < 4.78 is 8.49. The SMILES string of the molecule is C[C@H]1CCc2c(ccc(-c3cnn(C4CC4)c3)c2Oc2ccc(Cl)cc2)N1. The summed E-state index contributed by atoms with van der Waals surface area (Å²) in [6.45, 7) is 2.22. The maximum atomic E-state index is 6.40. The Bertz CT molecular complexity index is 976. The molecule has 0 unspecified atom stereocenters. The summed E-state index contributed by atoms with van der Waals surface area (Å²) >= 11 is 6.03. The summed E-state index contributed by atoms with van der Waals surface area (Å²) in [5.74, 6) is 1.71. The molecule has 1 saturated carbocycles. The Hall–Kier alpha value is -2.46. The minimum atomic E-state index is 0.476. The molecule has 4 nitrogen and oxygen atoms in total. The van der Waals surface area contributed by atoms with Crippen LogP contribution in [0.5, 0.6) is 11.5 Å². The second kappa shape index (κ2) is 6.61. The number of anilines is 1. The molecule has 1 aliphatic heterocycles. The largest absolute Gasteiger partial charge is 0.456 e. The fraction of sp³-hybridized carbons (Fsp3) is 0.318. The predicted octanol–water partition coefficient (Wildman–Crippen LogP) is 6.08. The molecule has 1 fully saturated rings. The van der Waals surface area contributed by atoms with Crippen LogP contribution in [0.25, 0.3) is 11.1 Å². The molecular formula is C22H22ClN3O. The van der Waals surface area contributed by atoms with Crippen LogP contribution in [0.3, 0.4) is 0 Å². The quantitative estimate of drug-likeness (QED) is 0.597. The van der Waals surface area contributed by atoms with Gasteiger partial charge in [-0.15, -0.1) is 0 Å².